The van der Waals surface area contributed by atoms with Gasteiger partial charge in [0.1, 0.15) is 12.4 Å². The van der Waals surface area contributed by atoms with Crippen LogP contribution in [0, 0.1) is 0 Å². The Morgan fingerprint density at radius 2 is 1.95 bits per heavy atom. The summed E-state index contributed by atoms with van der Waals surface area (Å²) in [6.45, 7) is 2.30. The molecule has 0 atom stereocenters. The van der Waals surface area contributed by atoms with Crippen LogP contribution in [0.15, 0.2) is 18.2 Å². The van der Waals surface area contributed by atoms with Crippen LogP contribution in [-0.2, 0) is 20.9 Å². The Balaban J connectivity index is 2.76. The first kappa shape index (κ1) is 16.0. The zero-order valence-electron chi connectivity index (χ0n) is 11.5. The molecular formula is C14H18O6. The third kappa shape index (κ3) is 5.71. The van der Waals surface area contributed by atoms with E-state index in [4.69, 9.17) is 19.3 Å². The van der Waals surface area contributed by atoms with Crippen molar-refractivity contribution in [2.45, 2.75) is 20.0 Å². The molecule has 0 unspecified atom stereocenters. The summed E-state index contributed by atoms with van der Waals surface area (Å²) < 4.78 is 15.2. The van der Waals surface area contributed by atoms with Crippen molar-refractivity contribution in [3.05, 3.63) is 29.3 Å². The molecule has 0 spiro atoms. The molecule has 0 aliphatic carbocycles. The van der Waals surface area contributed by atoms with Gasteiger partial charge in [0.15, 0.2) is 0 Å². The number of methoxy groups -OCH3 is 1. The number of aromatic carboxylic acids is 1. The van der Waals surface area contributed by atoms with Crippen molar-refractivity contribution in [3.8, 4) is 5.75 Å². The fraction of sp³-hybridized carbons (Fsp3) is 0.429. The summed E-state index contributed by atoms with van der Waals surface area (Å²) >= 11 is 0. The minimum atomic E-state index is -1.06. The molecule has 0 aromatic heterocycles. The SMILES string of the molecule is COCCCOc1cc(COC(C)=O)cc(C(=O)O)c1. The Bertz CT molecular complexity index is 469. The summed E-state index contributed by atoms with van der Waals surface area (Å²) in [6.07, 6.45) is 0.701. The number of esters is 1. The Hall–Kier alpha value is -2.08. The maximum atomic E-state index is 11.0. The molecule has 0 aliphatic rings. The van der Waals surface area contributed by atoms with Gasteiger partial charge in [-0.25, -0.2) is 4.79 Å². The number of ether oxygens (including phenoxy) is 3. The maximum Gasteiger partial charge on any atom is 0.335 e. The van der Waals surface area contributed by atoms with E-state index in [1.165, 1.54) is 19.1 Å². The monoisotopic (exact) mass is 282 g/mol. The van der Waals surface area contributed by atoms with E-state index in [0.717, 1.165) is 0 Å². The fourth-order valence-corrected chi connectivity index (χ4v) is 1.53. The van der Waals surface area contributed by atoms with Crippen LogP contribution < -0.4 is 4.74 Å². The number of hydrogen-bond acceptors (Lipinski definition) is 5. The summed E-state index contributed by atoms with van der Waals surface area (Å²) in [5, 5.41) is 9.04. The van der Waals surface area contributed by atoms with Gasteiger partial charge >= 0.3 is 11.9 Å². The Labute approximate surface area is 117 Å². The zero-order chi connectivity index (χ0) is 15.0. The highest BCUT2D eigenvalue weighted by Crippen LogP contribution is 2.18. The number of carboxylic acids is 1. The van der Waals surface area contributed by atoms with Gasteiger partial charge in [0, 0.05) is 27.1 Å². The Kier molecular flexibility index (Phi) is 6.52. The van der Waals surface area contributed by atoms with Gasteiger partial charge in [0.2, 0.25) is 0 Å². The van der Waals surface area contributed by atoms with Crippen molar-refractivity contribution < 1.29 is 28.9 Å². The van der Waals surface area contributed by atoms with E-state index in [2.05, 4.69) is 0 Å². The Morgan fingerprint density at radius 1 is 1.20 bits per heavy atom. The summed E-state index contributed by atoms with van der Waals surface area (Å²) in [5.74, 6) is -1.05. The predicted molar refractivity (Wildman–Crippen MR) is 70.9 cm³/mol. The zero-order valence-corrected chi connectivity index (χ0v) is 11.5. The van der Waals surface area contributed by atoms with Gasteiger partial charge in [0.05, 0.1) is 12.2 Å². The minimum Gasteiger partial charge on any atom is -0.493 e. The third-order valence-electron chi connectivity index (χ3n) is 2.42. The summed E-state index contributed by atoms with van der Waals surface area (Å²) in [4.78, 5) is 21.8. The third-order valence-corrected chi connectivity index (χ3v) is 2.42. The second-order valence-electron chi connectivity index (χ2n) is 4.15. The van der Waals surface area contributed by atoms with Crippen LogP contribution in [0.2, 0.25) is 0 Å². The Morgan fingerprint density at radius 3 is 2.55 bits per heavy atom. The molecule has 1 aromatic carbocycles. The minimum absolute atomic E-state index is 0.0187. The number of hydrogen-bond donors (Lipinski definition) is 1. The van der Waals surface area contributed by atoms with Crippen molar-refractivity contribution in [1.29, 1.82) is 0 Å². The summed E-state index contributed by atoms with van der Waals surface area (Å²) in [7, 11) is 1.60. The standard InChI is InChI=1S/C14H18O6/c1-10(15)20-9-11-6-12(14(16)17)8-13(7-11)19-5-3-4-18-2/h6-8H,3-5,9H2,1-2H3,(H,16,17). The normalized spacial score (nSPS) is 10.1. The van der Waals surface area contributed by atoms with Crippen LogP contribution in [0.25, 0.3) is 0 Å². The van der Waals surface area contributed by atoms with Gasteiger partial charge in [-0.3, -0.25) is 4.79 Å². The maximum absolute atomic E-state index is 11.0. The average molecular weight is 282 g/mol. The highest BCUT2D eigenvalue weighted by atomic mass is 16.5. The molecule has 1 aromatic rings. The molecule has 110 valence electrons. The molecule has 0 saturated carbocycles. The van der Waals surface area contributed by atoms with Crippen molar-refractivity contribution in [2.75, 3.05) is 20.3 Å². The van der Waals surface area contributed by atoms with Gasteiger partial charge < -0.3 is 19.3 Å². The lowest BCUT2D eigenvalue weighted by Crippen LogP contribution is -2.05. The van der Waals surface area contributed by atoms with Crippen LogP contribution in [0.5, 0.6) is 5.75 Å². The first-order chi connectivity index (χ1) is 9.52. The van der Waals surface area contributed by atoms with Crippen LogP contribution >= 0.6 is 0 Å². The molecule has 0 bridgehead atoms. The van der Waals surface area contributed by atoms with Crippen molar-refractivity contribution in [3.63, 3.8) is 0 Å². The first-order valence-electron chi connectivity index (χ1n) is 6.15. The van der Waals surface area contributed by atoms with Crippen molar-refractivity contribution in [1.82, 2.24) is 0 Å². The highest BCUT2D eigenvalue weighted by Gasteiger charge is 2.09. The average Bonchev–Trinajstić information content (AvgIpc) is 2.41. The quantitative estimate of drug-likeness (QED) is 0.579. The second-order valence-corrected chi connectivity index (χ2v) is 4.15. The first-order valence-corrected chi connectivity index (χ1v) is 6.15. The summed E-state index contributed by atoms with van der Waals surface area (Å²) in [5.41, 5.74) is 0.665. The lowest BCUT2D eigenvalue weighted by atomic mass is 10.1. The van der Waals surface area contributed by atoms with E-state index in [0.29, 0.717) is 30.9 Å². The van der Waals surface area contributed by atoms with E-state index < -0.39 is 11.9 Å². The van der Waals surface area contributed by atoms with Crippen LogP contribution in [-0.4, -0.2) is 37.4 Å². The molecule has 6 nitrogen and oxygen atoms in total. The van der Waals surface area contributed by atoms with Crippen LogP contribution in [0.1, 0.15) is 29.3 Å². The largest absolute Gasteiger partial charge is 0.493 e. The number of rotatable bonds is 8. The predicted octanol–water partition coefficient (Wildman–Crippen LogP) is 1.86. The van der Waals surface area contributed by atoms with Gasteiger partial charge in [-0.05, 0) is 23.8 Å². The van der Waals surface area contributed by atoms with Gasteiger partial charge in [-0.15, -0.1) is 0 Å². The van der Waals surface area contributed by atoms with E-state index in [1.54, 1.807) is 13.2 Å². The number of carbonyl (C=O) groups excluding carboxylic acids is 1. The molecular weight excluding hydrogens is 264 g/mol. The fourth-order valence-electron chi connectivity index (χ4n) is 1.53. The lowest BCUT2D eigenvalue weighted by molar-refractivity contribution is -0.142. The summed E-state index contributed by atoms with van der Waals surface area (Å²) in [6, 6.07) is 4.54. The number of carbonyl (C=O) groups is 2. The second kappa shape index (κ2) is 8.16. The smallest absolute Gasteiger partial charge is 0.335 e. The molecule has 0 amide bonds. The molecule has 0 aliphatic heterocycles. The van der Waals surface area contributed by atoms with E-state index in [1.807, 2.05) is 0 Å². The molecule has 0 heterocycles. The topological polar surface area (TPSA) is 82.1 Å². The highest BCUT2D eigenvalue weighted by molar-refractivity contribution is 5.88. The lowest BCUT2D eigenvalue weighted by Gasteiger charge is -2.10. The molecule has 0 fully saturated rings. The molecule has 20 heavy (non-hydrogen) atoms. The molecule has 1 N–H and O–H groups in total. The molecule has 0 radical (unpaired) electrons. The van der Waals surface area contributed by atoms with E-state index >= 15 is 0 Å². The molecule has 1 rings (SSSR count). The van der Waals surface area contributed by atoms with Crippen LogP contribution in [0.3, 0.4) is 0 Å². The van der Waals surface area contributed by atoms with Crippen LogP contribution in [0.4, 0.5) is 0 Å². The molecule has 0 saturated heterocycles. The van der Waals surface area contributed by atoms with Gasteiger partial charge in [-0.2, -0.15) is 0 Å². The van der Waals surface area contributed by atoms with Gasteiger partial charge in [-0.1, -0.05) is 0 Å². The van der Waals surface area contributed by atoms with E-state index in [-0.39, 0.29) is 12.2 Å². The van der Waals surface area contributed by atoms with Gasteiger partial charge in [0.25, 0.3) is 0 Å². The van der Waals surface area contributed by atoms with Crippen molar-refractivity contribution >= 4 is 11.9 Å². The van der Waals surface area contributed by atoms with E-state index in [9.17, 15) is 9.59 Å². The number of carboxylic acid groups (broad SMARTS) is 1. The molecule has 6 heteroatoms. The number of benzene rings is 1. The van der Waals surface area contributed by atoms with Crippen molar-refractivity contribution in [2.24, 2.45) is 0 Å².